The molecule has 0 radical (unpaired) electrons. The molecule has 5 heteroatoms. The molecule has 1 heterocycles. The molecule has 0 amide bonds. The highest BCUT2D eigenvalue weighted by Crippen LogP contribution is 2.06. The maximum Gasteiger partial charge on any atom is 0.323 e. The molecule has 1 unspecified atom stereocenters. The molecule has 94 valence electrons. The Balaban J connectivity index is 2.14. The highest BCUT2D eigenvalue weighted by molar-refractivity contribution is 5.75. The Kier molecular flexibility index (Phi) is 5.73. The van der Waals surface area contributed by atoms with Gasteiger partial charge in [-0.2, -0.15) is 0 Å². The van der Waals surface area contributed by atoms with Gasteiger partial charge in [-0.1, -0.05) is 0 Å². The summed E-state index contributed by atoms with van der Waals surface area (Å²) in [4.78, 5) is 15.7. The quantitative estimate of drug-likeness (QED) is 0.623. The monoisotopic (exact) mass is 229 g/mol. The van der Waals surface area contributed by atoms with Crippen molar-refractivity contribution in [3.05, 3.63) is 0 Å². The fraction of sp³-hybridized carbons (Fsp3) is 0.909. The van der Waals surface area contributed by atoms with Crippen molar-refractivity contribution in [3.63, 3.8) is 0 Å². The lowest BCUT2D eigenvalue weighted by atomic mass is 10.3. The Morgan fingerprint density at radius 2 is 2.12 bits per heavy atom. The second-order valence-electron chi connectivity index (χ2n) is 4.44. The van der Waals surface area contributed by atoms with Crippen molar-refractivity contribution in [2.24, 2.45) is 5.73 Å². The number of carbonyl (C=O) groups excluding carboxylic acids is 1. The van der Waals surface area contributed by atoms with E-state index < -0.39 is 6.04 Å². The van der Waals surface area contributed by atoms with Gasteiger partial charge in [-0.25, -0.2) is 0 Å². The van der Waals surface area contributed by atoms with Gasteiger partial charge in [-0.15, -0.1) is 0 Å². The van der Waals surface area contributed by atoms with Crippen LogP contribution in [0.5, 0.6) is 0 Å². The van der Waals surface area contributed by atoms with Crippen LogP contribution < -0.4 is 5.73 Å². The van der Waals surface area contributed by atoms with Crippen LogP contribution in [0.15, 0.2) is 0 Å². The van der Waals surface area contributed by atoms with Crippen LogP contribution in [0.4, 0.5) is 0 Å². The number of ether oxygens (including phenoxy) is 1. The molecule has 1 aliphatic heterocycles. The molecule has 1 saturated heterocycles. The van der Waals surface area contributed by atoms with E-state index in [0.717, 1.165) is 13.1 Å². The maximum absolute atomic E-state index is 11.1. The first-order valence-electron chi connectivity index (χ1n) is 5.88. The van der Waals surface area contributed by atoms with Crippen LogP contribution in [0.2, 0.25) is 0 Å². The first kappa shape index (κ1) is 13.4. The zero-order chi connectivity index (χ0) is 12.0. The van der Waals surface area contributed by atoms with Gasteiger partial charge >= 0.3 is 5.97 Å². The van der Waals surface area contributed by atoms with Crippen molar-refractivity contribution in [3.8, 4) is 0 Å². The molecule has 1 atom stereocenters. The summed E-state index contributed by atoms with van der Waals surface area (Å²) in [5, 5.41) is 0. The van der Waals surface area contributed by atoms with E-state index >= 15 is 0 Å². The lowest BCUT2D eigenvalue weighted by Gasteiger charge is -2.22. The van der Waals surface area contributed by atoms with E-state index in [1.165, 1.54) is 33.0 Å². The number of methoxy groups -OCH3 is 1. The van der Waals surface area contributed by atoms with Gasteiger partial charge < -0.3 is 20.3 Å². The molecule has 1 rings (SSSR count). The molecule has 0 spiro atoms. The highest BCUT2D eigenvalue weighted by atomic mass is 16.5. The fourth-order valence-electron chi connectivity index (χ4n) is 1.97. The number of likely N-dealkylation sites (tertiary alicyclic amines) is 1. The number of nitrogens with two attached hydrogens (primary N) is 1. The molecule has 16 heavy (non-hydrogen) atoms. The molecule has 0 aromatic heterocycles. The van der Waals surface area contributed by atoms with Crippen LogP contribution in [0.1, 0.15) is 12.8 Å². The van der Waals surface area contributed by atoms with Crippen molar-refractivity contribution >= 4 is 5.97 Å². The van der Waals surface area contributed by atoms with Gasteiger partial charge in [0.15, 0.2) is 0 Å². The zero-order valence-corrected chi connectivity index (χ0v) is 10.3. The minimum atomic E-state index is -0.534. The van der Waals surface area contributed by atoms with Crippen LogP contribution >= 0.6 is 0 Å². The summed E-state index contributed by atoms with van der Waals surface area (Å²) in [6, 6.07) is -0.534. The normalized spacial score (nSPS) is 19.0. The second-order valence-corrected chi connectivity index (χ2v) is 4.44. The molecule has 0 aromatic rings. The Labute approximate surface area is 97.5 Å². The van der Waals surface area contributed by atoms with Crippen molar-refractivity contribution in [2.75, 3.05) is 46.9 Å². The van der Waals surface area contributed by atoms with E-state index in [1.54, 1.807) is 0 Å². The van der Waals surface area contributed by atoms with E-state index in [9.17, 15) is 4.79 Å². The number of carbonyl (C=O) groups is 1. The Bertz CT molecular complexity index is 217. The average molecular weight is 229 g/mol. The van der Waals surface area contributed by atoms with E-state index in [4.69, 9.17) is 5.73 Å². The largest absolute Gasteiger partial charge is 0.468 e. The van der Waals surface area contributed by atoms with Crippen molar-refractivity contribution < 1.29 is 9.53 Å². The van der Waals surface area contributed by atoms with Crippen LogP contribution in [0.25, 0.3) is 0 Å². The Morgan fingerprint density at radius 1 is 1.50 bits per heavy atom. The van der Waals surface area contributed by atoms with Gasteiger partial charge in [0.05, 0.1) is 7.11 Å². The summed E-state index contributed by atoms with van der Waals surface area (Å²) in [6.07, 6.45) is 2.62. The number of esters is 1. The standard InChI is InChI=1S/C11H23N3O2/c1-13(9-10(12)11(15)16-2)7-8-14-5-3-4-6-14/h10H,3-9,12H2,1-2H3. The second kappa shape index (κ2) is 6.83. The van der Waals surface area contributed by atoms with Gasteiger partial charge in [-0.05, 0) is 33.0 Å². The minimum Gasteiger partial charge on any atom is -0.468 e. The smallest absolute Gasteiger partial charge is 0.323 e. The van der Waals surface area contributed by atoms with Crippen LogP contribution in [0, 0.1) is 0 Å². The number of hydrogen-bond donors (Lipinski definition) is 1. The van der Waals surface area contributed by atoms with Gasteiger partial charge in [0.25, 0.3) is 0 Å². The van der Waals surface area contributed by atoms with Crippen molar-refractivity contribution in [2.45, 2.75) is 18.9 Å². The molecule has 0 aliphatic carbocycles. The third kappa shape index (κ3) is 4.47. The lowest BCUT2D eigenvalue weighted by molar-refractivity contribution is -0.142. The molecule has 0 bridgehead atoms. The number of hydrogen-bond acceptors (Lipinski definition) is 5. The zero-order valence-electron chi connectivity index (χ0n) is 10.3. The summed E-state index contributed by atoms with van der Waals surface area (Å²) < 4.78 is 4.59. The molecule has 1 fully saturated rings. The molecule has 0 saturated carbocycles. The fourth-order valence-corrected chi connectivity index (χ4v) is 1.97. The predicted molar refractivity (Wildman–Crippen MR) is 63.2 cm³/mol. The summed E-state index contributed by atoms with van der Waals surface area (Å²) in [7, 11) is 3.35. The molecular weight excluding hydrogens is 206 g/mol. The van der Waals surface area contributed by atoms with Crippen molar-refractivity contribution in [1.82, 2.24) is 9.80 Å². The summed E-state index contributed by atoms with van der Waals surface area (Å²) >= 11 is 0. The maximum atomic E-state index is 11.1. The van der Waals surface area contributed by atoms with Crippen LogP contribution in [0.3, 0.4) is 0 Å². The molecule has 5 nitrogen and oxygen atoms in total. The first-order valence-corrected chi connectivity index (χ1v) is 5.88. The molecule has 0 aromatic carbocycles. The lowest BCUT2D eigenvalue weighted by Crippen LogP contribution is -2.43. The van der Waals surface area contributed by atoms with E-state index in [1.807, 2.05) is 7.05 Å². The minimum absolute atomic E-state index is 0.340. The molecular formula is C11H23N3O2. The SMILES string of the molecule is COC(=O)C(N)CN(C)CCN1CCCC1. The number of nitrogens with zero attached hydrogens (tertiary/aromatic N) is 2. The number of likely N-dealkylation sites (N-methyl/N-ethyl adjacent to an activating group) is 1. The third-order valence-corrected chi connectivity index (χ3v) is 3.01. The van der Waals surface area contributed by atoms with E-state index in [0.29, 0.717) is 6.54 Å². The van der Waals surface area contributed by atoms with Gasteiger partial charge in [0.2, 0.25) is 0 Å². The molecule has 1 aliphatic rings. The predicted octanol–water partition coefficient (Wildman–Crippen LogP) is -0.486. The van der Waals surface area contributed by atoms with Gasteiger partial charge in [0, 0.05) is 19.6 Å². The first-order chi connectivity index (χ1) is 7.63. The molecule has 2 N–H and O–H groups in total. The van der Waals surface area contributed by atoms with E-state index in [2.05, 4.69) is 14.5 Å². The van der Waals surface area contributed by atoms with Crippen LogP contribution in [-0.4, -0.2) is 68.7 Å². The summed E-state index contributed by atoms with van der Waals surface area (Å²) in [6.45, 7) is 4.98. The van der Waals surface area contributed by atoms with Crippen molar-refractivity contribution in [1.29, 1.82) is 0 Å². The number of rotatable bonds is 6. The topological polar surface area (TPSA) is 58.8 Å². The summed E-state index contributed by atoms with van der Waals surface area (Å²) in [5.41, 5.74) is 5.68. The van der Waals surface area contributed by atoms with Crippen LogP contribution in [-0.2, 0) is 9.53 Å². The summed E-state index contributed by atoms with van der Waals surface area (Å²) in [5.74, 6) is -0.340. The van der Waals surface area contributed by atoms with E-state index in [-0.39, 0.29) is 5.97 Å². The van der Waals surface area contributed by atoms with Gasteiger partial charge in [0.1, 0.15) is 6.04 Å². The highest BCUT2D eigenvalue weighted by Gasteiger charge is 2.17. The third-order valence-electron chi connectivity index (χ3n) is 3.01. The average Bonchev–Trinajstić information content (AvgIpc) is 2.78. The Morgan fingerprint density at radius 3 is 2.69 bits per heavy atom. The van der Waals surface area contributed by atoms with Gasteiger partial charge in [-0.3, -0.25) is 4.79 Å². The Hall–Kier alpha value is -0.650.